The van der Waals surface area contributed by atoms with Crippen LogP contribution in [0.15, 0.2) is 42.5 Å². The molecule has 0 bridgehead atoms. The number of aromatic nitrogens is 2. The third-order valence-corrected chi connectivity index (χ3v) is 5.65. The Labute approximate surface area is 159 Å². The number of rotatable bonds is 4. The van der Waals surface area contributed by atoms with Gasteiger partial charge < -0.3 is 10.0 Å². The maximum absolute atomic E-state index is 13.0. The number of phenols is 1. The van der Waals surface area contributed by atoms with Crippen LogP contribution >= 0.6 is 0 Å². The van der Waals surface area contributed by atoms with Crippen molar-refractivity contribution < 1.29 is 9.90 Å². The molecule has 1 amide bonds. The number of anilines is 1. The Morgan fingerprint density at radius 3 is 2.67 bits per heavy atom. The van der Waals surface area contributed by atoms with Crippen molar-refractivity contribution in [3.8, 4) is 5.75 Å². The Morgan fingerprint density at radius 2 is 1.93 bits per heavy atom. The Bertz CT molecular complexity index is 943. The predicted molar refractivity (Wildman–Crippen MR) is 107 cm³/mol. The quantitative estimate of drug-likeness (QED) is 0.708. The summed E-state index contributed by atoms with van der Waals surface area (Å²) in [4.78, 5) is 14.5. The number of H-pyrrole nitrogens is 1. The van der Waals surface area contributed by atoms with Gasteiger partial charge in [0.25, 0.3) is 5.91 Å². The highest BCUT2D eigenvalue weighted by atomic mass is 16.3. The molecule has 2 N–H and O–H groups in total. The summed E-state index contributed by atoms with van der Waals surface area (Å²) in [7, 11) is 1.72. The second kappa shape index (κ2) is 7.43. The molecule has 4 rings (SSSR count). The summed E-state index contributed by atoms with van der Waals surface area (Å²) >= 11 is 0. The average molecular weight is 363 g/mol. The lowest BCUT2D eigenvalue weighted by Crippen LogP contribution is -2.26. The molecule has 27 heavy (non-hydrogen) atoms. The highest BCUT2D eigenvalue weighted by Gasteiger charge is 2.21. The van der Waals surface area contributed by atoms with Crippen molar-refractivity contribution in [1.82, 2.24) is 10.2 Å². The van der Waals surface area contributed by atoms with E-state index in [4.69, 9.17) is 0 Å². The molecule has 0 spiro atoms. The predicted octanol–water partition coefficient (Wildman–Crippen LogP) is 4.67. The molecule has 0 atom stereocenters. The summed E-state index contributed by atoms with van der Waals surface area (Å²) in [5, 5.41) is 18.8. The molecule has 1 heterocycles. The molecule has 5 nitrogen and oxygen atoms in total. The first-order chi connectivity index (χ1) is 13.1. The molecule has 1 fully saturated rings. The SMILES string of the molecule is CN(C(=O)c1cc2c(CC3CCCCC3)[nH]nc2cc1O)c1ccccc1. The van der Waals surface area contributed by atoms with Gasteiger partial charge in [-0.15, -0.1) is 0 Å². The van der Waals surface area contributed by atoms with Crippen LogP contribution < -0.4 is 4.90 Å². The zero-order valence-electron chi connectivity index (χ0n) is 15.6. The van der Waals surface area contributed by atoms with Crippen LogP contribution in [0.4, 0.5) is 5.69 Å². The van der Waals surface area contributed by atoms with Crippen molar-refractivity contribution >= 4 is 22.5 Å². The minimum atomic E-state index is -0.231. The minimum Gasteiger partial charge on any atom is -0.507 e. The number of benzene rings is 2. The Balaban J connectivity index is 1.65. The van der Waals surface area contributed by atoms with Crippen molar-refractivity contribution in [1.29, 1.82) is 0 Å². The molecule has 0 unspecified atom stereocenters. The fourth-order valence-corrected chi connectivity index (χ4v) is 4.06. The molecule has 0 saturated heterocycles. The minimum absolute atomic E-state index is 0.0361. The van der Waals surface area contributed by atoms with Crippen molar-refractivity contribution in [2.45, 2.75) is 38.5 Å². The van der Waals surface area contributed by atoms with Gasteiger partial charge in [0, 0.05) is 29.9 Å². The monoisotopic (exact) mass is 363 g/mol. The molecule has 5 heteroatoms. The number of carbonyl (C=O) groups excluding carboxylic acids is 1. The highest BCUT2D eigenvalue weighted by molar-refractivity contribution is 6.09. The van der Waals surface area contributed by atoms with Crippen LogP contribution in [0, 0.1) is 5.92 Å². The van der Waals surface area contributed by atoms with Gasteiger partial charge in [-0.25, -0.2) is 0 Å². The largest absolute Gasteiger partial charge is 0.507 e. The highest BCUT2D eigenvalue weighted by Crippen LogP contribution is 2.32. The van der Waals surface area contributed by atoms with Crippen molar-refractivity contribution in [3.63, 3.8) is 0 Å². The van der Waals surface area contributed by atoms with E-state index in [1.807, 2.05) is 30.3 Å². The van der Waals surface area contributed by atoms with Crippen LogP contribution in [0.3, 0.4) is 0 Å². The third-order valence-electron chi connectivity index (χ3n) is 5.65. The smallest absolute Gasteiger partial charge is 0.261 e. The molecule has 1 aliphatic carbocycles. The number of nitrogens with zero attached hydrogens (tertiary/aromatic N) is 2. The van der Waals surface area contributed by atoms with E-state index in [1.54, 1.807) is 24.1 Å². The van der Waals surface area contributed by atoms with E-state index in [1.165, 1.54) is 32.1 Å². The molecule has 3 aromatic rings. The van der Waals surface area contributed by atoms with Gasteiger partial charge in [0.15, 0.2) is 0 Å². The molecule has 0 aliphatic heterocycles. The number of phenolic OH excluding ortho intramolecular Hbond substituents is 1. The summed E-state index contributed by atoms with van der Waals surface area (Å²) in [6.45, 7) is 0. The molecular formula is C22H25N3O2. The number of fused-ring (bicyclic) bond motifs is 1. The Hall–Kier alpha value is -2.82. The van der Waals surface area contributed by atoms with Crippen molar-refractivity contribution in [2.75, 3.05) is 11.9 Å². The van der Waals surface area contributed by atoms with Crippen LogP contribution in [0.25, 0.3) is 10.9 Å². The van der Waals surface area contributed by atoms with Gasteiger partial charge in [-0.2, -0.15) is 5.10 Å². The van der Waals surface area contributed by atoms with Crippen LogP contribution in [0.5, 0.6) is 5.75 Å². The summed E-state index contributed by atoms with van der Waals surface area (Å²) in [6, 6.07) is 12.8. The normalized spacial score (nSPS) is 15.1. The van der Waals surface area contributed by atoms with Gasteiger partial charge in [0.05, 0.1) is 11.1 Å². The van der Waals surface area contributed by atoms with Gasteiger partial charge >= 0.3 is 0 Å². The Kier molecular flexibility index (Phi) is 4.84. The van der Waals surface area contributed by atoms with Crippen LogP contribution in [-0.4, -0.2) is 28.3 Å². The van der Waals surface area contributed by atoms with E-state index in [0.29, 0.717) is 17.0 Å². The summed E-state index contributed by atoms with van der Waals surface area (Å²) in [6.07, 6.45) is 7.37. The average Bonchev–Trinajstić information content (AvgIpc) is 3.09. The van der Waals surface area contributed by atoms with E-state index in [2.05, 4.69) is 10.2 Å². The van der Waals surface area contributed by atoms with Crippen molar-refractivity contribution in [3.05, 3.63) is 53.7 Å². The molecular weight excluding hydrogens is 338 g/mol. The van der Waals surface area contributed by atoms with E-state index in [0.717, 1.165) is 23.2 Å². The van der Waals surface area contributed by atoms with E-state index in [9.17, 15) is 9.90 Å². The van der Waals surface area contributed by atoms with E-state index >= 15 is 0 Å². The zero-order chi connectivity index (χ0) is 18.8. The van der Waals surface area contributed by atoms with E-state index in [-0.39, 0.29) is 11.7 Å². The number of aromatic amines is 1. The number of para-hydroxylation sites is 1. The molecule has 1 aliphatic rings. The first-order valence-corrected chi connectivity index (χ1v) is 9.66. The third kappa shape index (κ3) is 3.54. The number of aromatic hydroxyl groups is 1. The number of hydrogen-bond donors (Lipinski definition) is 2. The maximum atomic E-state index is 13.0. The van der Waals surface area contributed by atoms with Crippen LogP contribution in [0.2, 0.25) is 0 Å². The number of hydrogen-bond acceptors (Lipinski definition) is 3. The number of amides is 1. The molecule has 140 valence electrons. The van der Waals surface area contributed by atoms with Crippen LogP contribution in [-0.2, 0) is 6.42 Å². The lowest BCUT2D eigenvalue weighted by molar-refractivity contribution is 0.0990. The topological polar surface area (TPSA) is 69.2 Å². The first kappa shape index (κ1) is 17.6. The summed E-state index contributed by atoms with van der Waals surface area (Å²) in [5.74, 6) is 0.402. The molecule has 0 radical (unpaired) electrons. The van der Waals surface area contributed by atoms with Crippen LogP contribution in [0.1, 0.15) is 48.2 Å². The lowest BCUT2D eigenvalue weighted by Gasteiger charge is -2.21. The standard InChI is InChI=1S/C22H25N3O2/c1-25(16-10-6-3-7-11-16)22(27)18-13-17-19(12-15-8-4-2-5-9-15)23-24-20(17)14-21(18)26/h3,6-7,10-11,13-15,26H,2,4-5,8-9,12H2,1H3,(H,23,24). The fourth-order valence-electron chi connectivity index (χ4n) is 4.06. The summed E-state index contributed by atoms with van der Waals surface area (Å²) in [5.41, 5.74) is 2.86. The second-order valence-corrected chi connectivity index (χ2v) is 7.50. The number of carbonyl (C=O) groups is 1. The Morgan fingerprint density at radius 1 is 1.19 bits per heavy atom. The van der Waals surface area contributed by atoms with Gasteiger partial charge in [-0.05, 0) is 30.5 Å². The molecule has 2 aromatic carbocycles. The first-order valence-electron chi connectivity index (χ1n) is 9.66. The van der Waals surface area contributed by atoms with Gasteiger partial charge in [0.2, 0.25) is 0 Å². The maximum Gasteiger partial charge on any atom is 0.261 e. The lowest BCUT2D eigenvalue weighted by atomic mass is 9.85. The summed E-state index contributed by atoms with van der Waals surface area (Å²) < 4.78 is 0. The van der Waals surface area contributed by atoms with Crippen molar-refractivity contribution in [2.24, 2.45) is 5.92 Å². The zero-order valence-corrected chi connectivity index (χ0v) is 15.6. The molecule has 1 aromatic heterocycles. The molecule has 1 saturated carbocycles. The van der Waals surface area contributed by atoms with Gasteiger partial charge in [-0.1, -0.05) is 50.3 Å². The second-order valence-electron chi connectivity index (χ2n) is 7.50. The fraction of sp³-hybridized carbons (Fsp3) is 0.364. The van der Waals surface area contributed by atoms with E-state index < -0.39 is 0 Å². The van der Waals surface area contributed by atoms with Gasteiger partial charge in [0.1, 0.15) is 5.75 Å². The van der Waals surface area contributed by atoms with Gasteiger partial charge in [-0.3, -0.25) is 9.89 Å². The number of nitrogens with one attached hydrogen (secondary N) is 1.